The molecule has 5 heteroatoms. The topological polar surface area (TPSA) is 29.1 Å². The lowest BCUT2D eigenvalue weighted by Crippen LogP contribution is -2.48. The molecule has 1 fully saturated rings. The van der Waals surface area contributed by atoms with Gasteiger partial charge in [0.2, 0.25) is 0 Å². The zero-order valence-electron chi connectivity index (χ0n) is 9.92. The average molecular weight is 257 g/mol. The van der Waals surface area contributed by atoms with E-state index in [2.05, 4.69) is 5.32 Å². The highest BCUT2D eigenvalue weighted by molar-refractivity contribution is 5.95. The molecule has 0 spiro atoms. The van der Waals surface area contributed by atoms with Gasteiger partial charge in [-0.2, -0.15) is 13.2 Å². The minimum absolute atomic E-state index is 0.0128. The first kappa shape index (κ1) is 12.9. The lowest BCUT2D eigenvalue weighted by Gasteiger charge is -2.36. The van der Waals surface area contributed by atoms with E-state index in [1.54, 1.807) is 25.1 Å². The Hall–Kier alpha value is -1.52. The lowest BCUT2D eigenvalue weighted by atomic mass is 9.79. The van der Waals surface area contributed by atoms with Gasteiger partial charge in [-0.15, -0.1) is 0 Å². The number of carbonyl (C=O) groups is 1. The molecule has 1 amide bonds. The molecular formula is C13H14F3NO. The Balaban J connectivity index is 1.90. The third-order valence-corrected chi connectivity index (χ3v) is 3.33. The summed E-state index contributed by atoms with van der Waals surface area (Å²) in [6, 6.07) is 6.67. The van der Waals surface area contributed by atoms with Crippen LogP contribution in [0, 0.1) is 12.8 Å². The minimum Gasteiger partial charge on any atom is -0.349 e. The van der Waals surface area contributed by atoms with Crippen LogP contribution in [0.15, 0.2) is 24.3 Å². The number of hydrogen-bond acceptors (Lipinski definition) is 1. The predicted molar refractivity (Wildman–Crippen MR) is 61.2 cm³/mol. The van der Waals surface area contributed by atoms with Gasteiger partial charge in [-0.25, -0.2) is 0 Å². The zero-order chi connectivity index (χ0) is 13.3. The number of rotatable bonds is 2. The fourth-order valence-electron chi connectivity index (χ4n) is 2.09. The highest BCUT2D eigenvalue weighted by atomic mass is 19.4. The summed E-state index contributed by atoms with van der Waals surface area (Å²) in [6.45, 7) is 1.80. The first-order valence-electron chi connectivity index (χ1n) is 5.81. The Labute approximate surface area is 103 Å². The second-order valence-electron chi connectivity index (χ2n) is 4.70. The molecule has 2 nitrogen and oxygen atoms in total. The van der Waals surface area contributed by atoms with Crippen molar-refractivity contribution in [2.24, 2.45) is 5.92 Å². The maximum absolute atomic E-state index is 12.3. The number of aryl methyl sites for hydroxylation is 1. The van der Waals surface area contributed by atoms with Crippen LogP contribution in [-0.2, 0) is 0 Å². The highest BCUT2D eigenvalue weighted by Gasteiger charge is 2.48. The summed E-state index contributed by atoms with van der Waals surface area (Å²) in [7, 11) is 0. The normalized spacial score (nSPS) is 23.3. The van der Waals surface area contributed by atoms with Gasteiger partial charge >= 0.3 is 6.18 Å². The van der Waals surface area contributed by atoms with E-state index in [4.69, 9.17) is 0 Å². The van der Waals surface area contributed by atoms with Gasteiger partial charge in [0, 0.05) is 11.6 Å². The number of hydrogen-bond donors (Lipinski definition) is 1. The minimum atomic E-state index is -4.14. The van der Waals surface area contributed by atoms with Crippen LogP contribution in [0.3, 0.4) is 0 Å². The van der Waals surface area contributed by atoms with E-state index in [0.717, 1.165) is 5.56 Å². The molecule has 18 heavy (non-hydrogen) atoms. The SMILES string of the molecule is Cc1ccccc1C(=O)N[C@H]1C[C@@H](C(F)(F)F)C1. The molecule has 0 atom stereocenters. The van der Waals surface area contributed by atoms with Crippen molar-refractivity contribution in [2.45, 2.75) is 32.0 Å². The van der Waals surface area contributed by atoms with Gasteiger partial charge in [0.25, 0.3) is 5.91 Å². The number of benzene rings is 1. The molecule has 0 bridgehead atoms. The summed E-state index contributed by atoms with van der Waals surface area (Å²) in [5, 5.41) is 2.64. The molecular weight excluding hydrogens is 243 g/mol. The largest absolute Gasteiger partial charge is 0.391 e. The van der Waals surface area contributed by atoms with Crippen LogP contribution in [0.2, 0.25) is 0 Å². The van der Waals surface area contributed by atoms with E-state index < -0.39 is 12.1 Å². The first-order chi connectivity index (χ1) is 8.38. The van der Waals surface area contributed by atoms with E-state index in [9.17, 15) is 18.0 Å². The monoisotopic (exact) mass is 257 g/mol. The summed E-state index contributed by atoms with van der Waals surface area (Å²) in [5.74, 6) is -1.56. The van der Waals surface area contributed by atoms with Crippen LogP contribution in [0.5, 0.6) is 0 Å². The summed E-state index contributed by atoms with van der Waals surface area (Å²) < 4.78 is 36.9. The molecule has 1 aliphatic rings. The van der Waals surface area contributed by atoms with E-state index in [-0.39, 0.29) is 24.8 Å². The fourth-order valence-corrected chi connectivity index (χ4v) is 2.09. The lowest BCUT2D eigenvalue weighted by molar-refractivity contribution is -0.198. The summed E-state index contributed by atoms with van der Waals surface area (Å²) in [6.07, 6.45) is -4.16. The smallest absolute Gasteiger partial charge is 0.349 e. The van der Waals surface area contributed by atoms with Crippen LogP contribution >= 0.6 is 0 Å². The molecule has 1 N–H and O–H groups in total. The van der Waals surface area contributed by atoms with Crippen LogP contribution < -0.4 is 5.32 Å². The molecule has 0 unspecified atom stereocenters. The van der Waals surface area contributed by atoms with Gasteiger partial charge in [0.1, 0.15) is 0 Å². The maximum Gasteiger partial charge on any atom is 0.391 e. The number of alkyl halides is 3. The van der Waals surface area contributed by atoms with Crippen molar-refractivity contribution in [2.75, 3.05) is 0 Å². The number of halogens is 3. The third kappa shape index (κ3) is 2.66. The molecule has 1 saturated carbocycles. The van der Waals surface area contributed by atoms with Crippen molar-refractivity contribution in [1.82, 2.24) is 5.32 Å². The first-order valence-corrected chi connectivity index (χ1v) is 5.81. The van der Waals surface area contributed by atoms with Crippen LogP contribution in [0.4, 0.5) is 13.2 Å². The van der Waals surface area contributed by atoms with E-state index in [1.165, 1.54) is 0 Å². The number of carbonyl (C=O) groups excluding carboxylic acids is 1. The molecule has 0 saturated heterocycles. The molecule has 1 aliphatic carbocycles. The molecule has 1 aromatic rings. The Morgan fingerprint density at radius 2 is 1.89 bits per heavy atom. The zero-order valence-corrected chi connectivity index (χ0v) is 9.92. The van der Waals surface area contributed by atoms with Gasteiger partial charge in [-0.05, 0) is 31.4 Å². The van der Waals surface area contributed by atoms with Crippen molar-refractivity contribution >= 4 is 5.91 Å². The standard InChI is InChI=1S/C13H14F3NO/c1-8-4-2-3-5-11(8)12(18)17-10-6-9(7-10)13(14,15)16/h2-5,9-10H,6-7H2,1H3,(H,17,18)/t9-,10+. The molecule has 0 aromatic heterocycles. The average Bonchev–Trinajstić information content (AvgIpc) is 2.21. The second-order valence-corrected chi connectivity index (χ2v) is 4.70. The van der Waals surface area contributed by atoms with E-state index in [1.807, 2.05) is 6.07 Å². The summed E-state index contributed by atoms with van der Waals surface area (Å²) in [5.41, 5.74) is 1.34. The Kier molecular flexibility index (Phi) is 3.32. The van der Waals surface area contributed by atoms with Crippen LogP contribution in [-0.4, -0.2) is 18.1 Å². The molecule has 1 aromatic carbocycles. The third-order valence-electron chi connectivity index (χ3n) is 3.33. The Morgan fingerprint density at radius 1 is 1.28 bits per heavy atom. The van der Waals surface area contributed by atoms with E-state index in [0.29, 0.717) is 5.56 Å². The van der Waals surface area contributed by atoms with Gasteiger partial charge in [-0.3, -0.25) is 4.79 Å². The van der Waals surface area contributed by atoms with Crippen molar-refractivity contribution < 1.29 is 18.0 Å². The van der Waals surface area contributed by atoms with Gasteiger partial charge in [0.15, 0.2) is 0 Å². The Bertz CT molecular complexity index is 450. The van der Waals surface area contributed by atoms with Crippen molar-refractivity contribution in [1.29, 1.82) is 0 Å². The maximum atomic E-state index is 12.3. The molecule has 0 radical (unpaired) electrons. The second kappa shape index (κ2) is 4.63. The molecule has 2 rings (SSSR count). The van der Waals surface area contributed by atoms with Crippen LogP contribution in [0.25, 0.3) is 0 Å². The Morgan fingerprint density at radius 3 is 2.44 bits per heavy atom. The molecule has 98 valence electrons. The van der Waals surface area contributed by atoms with Crippen molar-refractivity contribution in [3.63, 3.8) is 0 Å². The van der Waals surface area contributed by atoms with Gasteiger partial charge < -0.3 is 5.32 Å². The van der Waals surface area contributed by atoms with Crippen LogP contribution in [0.1, 0.15) is 28.8 Å². The number of amides is 1. The highest BCUT2D eigenvalue weighted by Crippen LogP contribution is 2.41. The molecule has 0 aliphatic heterocycles. The van der Waals surface area contributed by atoms with Gasteiger partial charge in [0.05, 0.1) is 5.92 Å². The summed E-state index contributed by atoms with van der Waals surface area (Å²) >= 11 is 0. The van der Waals surface area contributed by atoms with Crippen molar-refractivity contribution in [3.05, 3.63) is 35.4 Å². The van der Waals surface area contributed by atoms with E-state index >= 15 is 0 Å². The van der Waals surface area contributed by atoms with Gasteiger partial charge in [-0.1, -0.05) is 18.2 Å². The fraction of sp³-hybridized carbons (Fsp3) is 0.462. The number of nitrogens with one attached hydrogen (secondary N) is 1. The summed E-state index contributed by atoms with van der Waals surface area (Å²) in [4.78, 5) is 11.8. The molecule has 0 heterocycles. The quantitative estimate of drug-likeness (QED) is 0.866. The predicted octanol–water partition coefficient (Wildman–Crippen LogP) is 3.07. The van der Waals surface area contributed by atoms with Crippen molar-refractivity contribution in [3.8, 4) is 0 Å².